The molecular formula is C15H21NO4. The van der Waals surface area contributed by atoms with E-state index in [1.54, 1.807) is 31.2 Å². The molecule has 0 aliphatic heterocycles. The van der Waals surface area contributed by atoms with Gasteiger partial charge in [-0.05, 0) is 12.0 Å². The minimum atomic E-state index is -1.06. The first-order valence-electron chi connectivity index (χ1n) is 6.06. The number of carbonyl (C=O) groups excluding carboxylic acids is 2. The van der Waals surface area contributed by atoms with Gasteiger partial charge in [0.15, 0.2) is 5.78 Å². The summed E-state index contributed by atoms with van der Waals surface area (Å²) < 4.78 is 0. The number of rotatable bonds is 7. The summed E-state index contributed by atoms with van der Waals surface area (Å²) in [6.45, 7) is 1.71. The Kier molecular flexibility index (Phi) is 7.39. The summed E-state index contributed by atoms with van der Waals surface area (Å²) in [7, 11) is 0. The molecule has 1 rings (SSSR count). The lowest BCUT2D eigenvalue weighted by molar-refractivity contribution is -0.138. The fraction of sp³-hybridized carbons (Fsp3) is 0.400. The molecule has 0 amide bonds. The van der Waals surface area contributed by atoms with Crippen LogP contribution in [-0.2, 0) is 16.0 Å². The summed E-state index contributed by atoms with van der Waals surface area (Å²) in [6, 6.07) is 5.55. The highest BCUT2D eigenvalue weighted by molar-refractivity contribution is 6.07. The van der Waals surface area contributed by atoms with Crippen molar-refractivity contribution in [2.45, 2.75) is 39.7 Å². The van der Waals surface area contributed by atoms with Crippen LogP contribution in [0.5, 0.6) is 0 Å². The van der Waals surface area contributed by atoms with Crippen molar-refractivity contribution in [3.05, 3.63) is 35.4 Å². The number of hydrogen-bond donors (Lipinski definition) is 2. The van der Waals surface area contributed by atoms with E-state index in [1.807, 2.05) is 0 Å². The van der Waals surface area contributed by atoms with Crippen LogP contribution in [0.25, 0.3) is 0 Å². The number of aliphatic carboxylic acids is 1. The van der Waals surface area contributed by atoms with Gasteiger partial charge in [-0.25, -0.2) is 0 Å². The summed E-state index contributed by atoms with van der Waals surface area (Å²) in [5, 5.41) is 8.70. The highest BCUT2D eigenvalue weighted by Crippen LogP contribution is 2.09. The Hall–Kier alpha value is -2.01. The van der Waals surface area contributed by atoms with Crippen molar-refractivity contribution in [3.8, 4) is 0 Å². The average molecular weight is 279 g/mol. The van der Waals surface area contributed by atoms with Gasteiger partial charge in [0.1, 0.15) is 11.8 Å². The van der Waals surface area contributed by atoms with E-state index < -0.39 is 12.0 Å². The van der Waals surface area contributed by atoms with Gasteiger partial charge in [-0.3, -0.25) is 14.4 Å². The fourth-order valence-electron chi connectivity index (χ4n) is 1.57. The maximum atomic E-state index is 11.7. The molecule has 1 aromatic carbocycles. The van der Waals surface area contributed by atoms with Crippen molar-refractivity contribution in [1.82, 2.24) is 0 Å². The average Bonchev–Trinajstić information content (AvgIpc) is 2.39. The van der Waals surface area contributed by atoms with Crippen LogP contribution in [0, 0.1) is 0 Å². The monoisotopic (exact) mass is 279 g/mol. The van der Waals surface area contributed by atoms with Gasteiger partial charge < -0.3 is 10.8 Å². The van der Waals surface area contributed by atoms with Crippen LogP contribution in [0.3, 0.4) is 0 Å². The number of Topliss-reactive ketones (excluding diaryl/α,β-unsaturated/α-hetero) is 2. The molecule has 0 saturated carbocycles. The molecule has 0 aliphatic carbocycles. The highest BCUT2D eigenvalue weighted by atomic mass is 16.4. The van der Waals surface area contributed by atoms with Crippen molar-refractivity contribution < 1.29 is 19.5 Å². The molecule has 110 valence electrons. The lowest BCUT2D eigenvalue weighted by atomic mass is 10.0. The largest absolute Gasteiger partial charge is 0.480 e. The quantitative estimate of drug-likeness (QED) is 0.586. The number of nitrogens with two attached hydrogens (primary N) is 1. The van der Waals surface area contributed by atoms with E-state index in [-0.39, 0.29) is 31.8 Å². The number of benzene rings is 1. The van der Waals surface area contributed by atoms with Gasteiger partial charge in [0.25, 0.3) is 0 Å². The van der Waals surface area contributed by atoms with E-state index in [0.717, 1.165) is 5.56 Å². The van der Waals surface area contributed by atoms with Crippen LogP contribution in [0.15, 0.2) is 24.3 Å². The van der Waals surface area contributed by atoms with Gasteiger partial charge >= 0.3 is 5.97 Å². The lowest BCUT2D eigenvalue weighted by Gasteiger charge is -2.07. The molecule has 0 bridgehead atoms. The molecule has 0 aromatic heterocycles. The van der Waals surface area contributed by atoms with Crippen LogP contribution in [0.4, 0.5) is 0 Å². The molecule has 1 unspecified atom stereocenters. The molecule has 0 aliphatic rings. The van der Waals surface area contributed by atoms with Gasteiger partial charge in [0, 0.05) is 12.0 Å². The number of hydrogen-bond acceptors (Lipinski definition) is 4. The molecule has 20 heavy (non-hydrogen) atoms. The number of ketones is 2. The maximum absolute atomic E-state index is 11.7. The zero-order valence-corrected chi connectivity index (χ0v) is 10.8. The van der Waals surface area contributed by atoms with E-state index in [0.29, 0.717) is 12.0 Å². The molecule has 1 aromatic rings. The summed E-state index contributed by atoms with van der Waals surface area (Å²) >= 11 is 0. The van der Waals surface area contributed by atoms with Gasteiger partial charge in [-0.2, -0.15) is 0 Å². The summed E-state index contributed by atoms with van der Waals surface area (Å²) in [5.41, 5.74) is 6.62. The van der Waals surface area contributed by atoms with Gasteiger partial charge in [-0.1, -0.05) is 38.6 Å². The third-order valence-electron chi connectivity index (χ3n) is 2.80. The molecule has 0 heterocycles. The predicted octanol–water partition coefficient (Wildman–Crippen LogP) is 1.83. The SMILES string of the molecule is C.CCC(=O)CC(=O)c1ccc(CC(N)C(=O)O)cc1. The van der Waals surface area contributed by atoms with Crippen LogP contribution < -0.4 is 5.73 Å². The van der Waals surface area contributed by atoms with E-state index >= 15 is 0 Å². The topological polar surface area (TPSA) is 97.5 Å². The molecule has 3 N–H and O–H groups in total. The van der Waals surface area contributed by atoms with Crippen LogP contribution >= 0.6 is 0 Å². The summed E-state index contributed by atoms with van der Waals surface area (Å²) in [6.07, 6.45) is 0.458. The zero-order chi connectivity index (χ0) is 14.4. The lowest BCUT2D eigenvalue weighted by Crippen LogP contribution is -2.32. The smallest absolute Gasteiger partial charge is 0.320 e. The molecule has 5 nitrogen and oxygen atoms in total. The molecule has 0 spiro atoms. The van der Waals surface area contributed by atoms with Gasteiger partial charge in [0.2, 0.25) is 0 Å². The number of carbonyl (C=O) groups is 3. The van der Waals surface area contributed by atoms with Crippen molar-refractivity contribution in [3.63, 3.8) is 0 Å². The van der Waals surface area contributed by atoms with E-state index in [9.17, 15) is 14.4 Å². The Balaban J connectivity index is 0.00000361. The second kappa shape index (κ2) is 8.22. The first-order chi connectivity index (χ1) is 8.93. The first-order valence-corrected chi connectivity index (χ1v) is 6.06. The standard InChI is InChI=1S/C14H17NO4.CH4/c1-2-11(16)8-13(17)10-5-3-9(4-6-10)7-12(15)14(18)19;/h3-6,12H,2,7-8,15H2,1H3,(H,18,19);1H4. The third-order valence-corrected chi connectivity index (χ3v) is 2.80. The Morgan fingerprint density at radius 3 is 2.20 bits per heavy atom. The first kappa shape index (κ1) is 18.0. The van der Waals surface area contributed by atoms with E-state index in [2.05, 4.69) is 0 Å². The van der Waals surface area contributed by atoms with Gasteiger partial charge in [-0.15, -0.1) is 0 Å². The zero-order valence-electron chi connectivity index (χ0n) is 10.8. The second-order valence-corrected chi connectivity index (χ2v) is 4.34. The normalized spacial score (nSPS) is 11.3. The maximum Gasteiger partial charge on any atom is 0.320 e. The molecular weight excluding hydrogens is 258 g/mol. The molecule has 1 atom stereocenters. The molecule has 0 radical (unpaired) electrons. The second-order valence-electron chi connectivity index (χ2n) is 4.34. The van der Waals surface area contributed by atoms with E-state index in [1.165, 1.54) is 0 Å². The molecule has 0 fully saturated rings. The van der Waals surface area contributed by atoms with E-state index in [4.69, 9.17) is 10.8 Å². The van der Waals surface area contributed by atoms with Gasteiger partial charge in [0.05, 0.1) is 6.42 Å². The van der Waals surface area contributed by atoms with Crippen molar-refractivity contribution in [2.75, 3.05) is 0 Å². The number of carboxylic acids is 1. The minimum Gasteiger partial charge on any atom is -0.480 e. The molecule has 0 saturated heterocycles. The Bertz CT molecular complexity index is 479. The predicted molar refractivity (Wildman–Crippen MR) is 76.7 cm³/mol. The fourth-order valence-corrected chi connectivity index (χ4v) is 1.57. The van der Waals surface area contributed by atoms with Crippen LogP contribution in [0.2, 0.25) is 0 Å². The summed E-state index contributed by atoms with van der Waals surface area (Å²) in [4.78, 5) is 33.5. The minimum absolute atomic E-state index is 0. The van der Waals surface area contributed by atoms with Crippen molar-refractivity contribution >= 4 is 17.5 Å². The molecule has 5 heteroatoms. The van der Waals surface area contributed by atoms with Crippen molar-refractivity contribution in [1.29, 1.82) is 0 Å². The number of carboxylic acid groups (broad SMARTS) is 1. The third kappa shape index (κ3) is 5.32. The van der Waals surface area contributed by atoms with Crippen LogP contribution in [-0.4, -0.2) is 28.7 Å². The summed E-state index contributed by atoms with van der Waals surface area (Å²) in [5.74, 6) is -1.38. The Morgan fingerprint density at radius 1 is 1.20 bits per heavy atom. The highest BCUT2D eigenvalue weighted by Gasteiger charge is 2.13. The Morgan fingerprint density at radius 2 is 1.75 bits per heavy atom. The van der Waals surface area contributed by atoms with Crippen LogP contribution in [0.1, 0.15) is 43.1 Å². The Labute approximate surface area is 118 Å². The van der Waals surface area contributed by atoms with Crippen molar-refractivity contribution in [2.24, 2.45) is 5.73 Å².